The topological polar surface area (TPSA) is 13.0 Å². The van der Waals surface area contributed by atoms with Crippen LogP contribution in [0.5, 0.6) is 0 Å². The van der Waals surface area contributed by atoms with Crippen LogP contribution in [0.25, 0.3) is 11.1 Å². The van der Waals surface area contributed by atoms with Gasteiger partial charge in [0.2, 0.25) is 0 Å². The number of rotatable bonds is 7. The highest BCUT2D eigenvalue weighted by molar-refractivity contribution is 7.00. The summed E-state index contributed by atoms with van der Waals surface area (Å²) >= 11 is 0. The summed E-state index contributed by atoms with van der Waals surface area (Å²) in [5.41, 5.74) is 29.1. The second kappa shape index (κ2) is 19.1. The summed E-state index contributed by atoms with van der Waals surface area (Å²) in [6.07, 6.45) is 4.73. The first-order chi connectivity index (χ1) is 40.7. The van der Waals surface area contributed by atoms with Crippen molar-refractivity contribution in [2.24, 2.45) is 0 Å². The molecule has 2 aliphatic carbocycles. The number of hydrogen-bond acceptors (Lipinski definition) is 4. The molecule has 0 N–H and O–H groups in total. The third-order valence-electron chi connectivity index (χ3n) is 21.2. The number of benzene rings is 9. The van der Waals surface area contributed by atoms with Crippen molar-refractivity contribution in [1.82, 2.24) is 0 Å². The minimum absolute atomic E-state index is 0.00310. The van der Waals surface area contributed by atoms with Gasteiger partial charge in [-0.15, -0.1) is 0 Å². The fraction of sp³-hybridized carbons (Fsp3) is 0.333. The summed E-state index contributed by atoms with van der Waals surface area (Å²) < 4.78 is 0. The van der Waals surface area contributed by atoms with E-state index >= 15 is 0 Å². The van der Waals surface area contributed by atoms with Crippen molar-refractivity contribution in [3.63, 3.8) is 0 Å². The molecule has 1 saturated carbocycles. The van der Waals surface area contributed by atoms with Gasteiger partial charge in [-0.2, -0.15) is 0 Å². The molecule has 2 atom stereocenters. The van der Waals surface area contributed by atoms with E-state index in [1.54, 1.807) is 0 Å². The van der Waals surface area contributed by atoms with E-state index in [1.807, 2.05) is 0 Å². The monoisotopic (exact) mass is 1130 g/mol. The molecule has 2 unspecified atom stereocenters. The van der Waals surface area contributed by atoms with Crippen LogP contribution in [0.2, 0.25) is 0 Å². The third-order valence-corrected chi connectivity index (χ3v) is 21.2. The van der Waals surface area contributed by atoms with Crippen molar-refractivity contribution in [3.05, 3.63) is 227 Å². The molecule has 3 heterocycles. The minimum atomic E-state index is -0.298. The number of para-hydroxylation sites is 1. The number of anilines is 11. The van der Waals surface area contributed by atoms with Crippen LogP contribution in [0.1, 0.15) is 175 Å². The molecule has 5 aliphatic rings. The van der Waals surface area contributed by atoms with Crippen molar-refractivity contribution in [1.29, 1.82) is 0 Å². The molecule has 1 fully saturated rings. The van der Waals surface area contributed by atoms with Gasteiger partial charge in [-0.1, -0.05) is 226 Å². The lowest BCUT2D eigenvalue weighted by Crippen LogP contribution is -2.64. The molecule has 14 rings (SSSR count). The Bertz CT molecular complexity index is 4050. The van der Waals surface area contributed by atoms with Crippen LogP contribution in [0, 0.1) is 0 Å². The van der Waals surface area contributed by atoms with E-state index in [-0.39, 0.29) is 44.7 Å². The van der Waals surface area contributed by atoms with Gasteiger partial charge in [-0.05, 0) is 187 Å². The molecule has 0 aromatic heterocycles. The second-order valence-corrected chi connectivity index (χ2v) is 31.0. The molecule has 5 heteroatoms. The average Bonchev–Trinajstić information content (AvgIpc) is 1.47. The Balaban J connectivity index is 1.10. The average molecular weight is 1130 g/mol. The van der Waals surface area contributed by atoms with Crippen LogP contribution in [-0.4, -0.2) is 12.3 Å². The van der Waals surface area contributed by atoms with Gasteiger partial charge in [-0.3, -0.25) is 0 Å². The highest BCUT2D eigenvalue weighted by Gasteiger charge is 2.61. The molecule has 0 bridgehead atoms. The standard InChI is InChI=1S/C81H87BN4/c1-75(2,3)52-29-37-56(38-30-52)83(57-39-31-53(32-40-57)76(4,5)6)60-45-46-66-69(49-60)85(68-28-21-24-63-62-23-17-18-25-64(62)79(13,14)72(63)68)70-50-61(84(58-41-33-54(34-42-58)77(7,8)9)59-43-35-55(36-44-59)78(10,11)12)51-71-73(70)82(66)67-27-22-26-65-74(67)86(71)81(16)48-20-19-47-80(65,81)15/h17-18,21-46,49-51H,19-20,47-48H2,1-16H3. The first-order valence-electron chi connectivity index (χ1n) is 32.0. The minimum Gasteiger partial charge on any atom is -0.335 e. The predicted octanol–water partition coefficient (Wildman–Crippen LogP) is 20.5. The van der Waals surface area contributed by atoms with Crippen LogP contribution >= 0.6 is 0 Å². The van der Waals surface area contributed by atoms with E-state index in [0.717, 1.165) is 47.0 Å². The molecule has 4 nitrogen and oxygen atoms in total. The fourth-order valence-electron chi connectivity index (χ4n) is 16.1. The first kappa shape index (κ1) is 56.1. The predicted molar refractivity (Wildman–Crippen MR) is 370 cm³/mol. The van der Waals surface area contributed by atoms with Gasteiger partial charge in [0.15, 0.2) is 0 Å². The lowest BCUT2D eigenvalue weighted by atomic mass is 9.33. The molecule has 0 spiro atoms. The number of nitrogens with zero attached hydrogens (tertiary/aromatic N) is 4. The Morgan fingerprint density at radius 2 is 0.826 bits per heavy atom. The van der Waals surface area contributed by atoms with Crippen LogP contribution < -0.4 is 36.0 Å². The first-order valence-corrected chi connectivity index (χ1v) is 32.0. The summed E-state index contributed by atoms with van der Waals surface area (Å²) in [4.78, 5) is 10.7. The lowest BCUT2D eigenvalue weighted by Gasteiger charge is -2.53. The highest BCUT2D eigenvalue weighted by Crippen LogP contribution is 2.63. The molecule has 3 aliphatic heterocycles. The van der Waals surface area contributed by atoms with Crippen LogP contribution in [0.3, 0.4) is 0 Å². The summed E-state index contributed by atoms with van der Waals surface area (Å²) in [6, 6.07) is 74.0. The lowest BCUT2D eigenvalue weighted by molar-refractivity contribution is 0.195. The normalized spacial score (nSPS) is 18.9. The molecule has 9 aromatic rings. The summed E-state index contributed by atoms with van der Waals surface area (Å²) in [7, 11) is 0. The zero-order chi connectivity index (χ0) is 60.4. The van der Waals surface area contributed by atoms with E-state index in [4.69, 9.17) is 0 Å². The summed E-state index contributed by atoms with van der Waals surface area (Å²) in [5, 5.41) is 0. The van der Waals surface area contributed by atoms with Crippen molar-refractivity contribution in [2.75, 3.05) is 19.6 Å². The number of fused-ring (bicyclic) bond motifs is 10. The molecule has 9 aromatic carbocycles. The Kier molecular flexibility index (Phi) is 12.5. The van der Waals surface area contributed by atoms with E-state index in [1.165, 1.54) is 108 Å². The van der Waals surface area contributed by atoms with E-state index in [0.29, 0.717) is 0 Å². The fourth-order valence-corrected chi connectivity index (χ4v) is 16.1. The third kappa shape index (κ3) is 8.43. The second-order valence-electron chi connectivity index (χ2n) is 31.0. The van der Waals surface area contributed by atoms with Crippen molar-refractivity contribution in [2.45, 2.75) is 174 Å². The van der Waals surface area contributed by atoms with Gasteiger partial charge in [0.05, 0.1) is 16.9 Å². The molecular weight excluding hydrogens is 1040 g/mol. The van der Waals surface area contributed by atoms with Crippen LogP contribution in [0.15, 0.2) is 188 Å². The van der Waals surface area contributed by atoms with Gasteiger partial charge in [0.1, 0.15) is 0 Å². The Hall–Kier alpha value is -7.76. The molecular formula is C81H87BN4. The summed E-state index contributed by atoms with van der Waals surface area (Å²) in [6.45, 7) is 37.9. The van der Waals surface area contributed by atoms with Gasteiger partial charge in [-0.25, -0.2) is 0 Å². The smallest absolute Gasteiger partial charge is 0.252 e. The van der Waals surface area contributed by atoms with E-state index in [2.05, 4.69) is 318 Å². The summed E-state index contributed by atoms with van der Waals surface area (Å²) in [5.74, 6) is 0. The Labute approximate surface area is 515 Å². The van der Waals surface area contributed by atoms with Crippen molar-refractivity contribution < 1.29 is 0 Å². The van der Waals surface area contributed by atoms with Crippen molar-refractivity contribution >= 4 is 85.7 Å². The molecule has 0 radical (unpaired) electrons. The van der Waals surface area contributed by atoms with Gasteiger partial charge < -0.3 is 19.6 Å². The SMILES string of the molecule is CC(C)(C)c1ccc(N(c2ccc(C(C)(C)C)cc2)c2ccc3c(c2)N(c2cccc4c2C(C)(C)c2ccccc2-4)c2cc(N(c4ccc(C(C)(C)C)cc4)c4ccc(C(C)(C)C)cc4)cc4c2B3c2cccc3c2N4C2(C)CCCCC32C)cc1. The van der Waals surface area contributed by atoms with E-state index < -0.39 is 0 Å². The van der Waals surface area contributed by atoms with Gasteiger partial charge in [0.25, 0.3) is 6.71 Å². The Morgan fingerprint density at radius 1 is 0.384 bits per heavy atom. The van der Waals surface area contributed by atoms with E-state index in [9.17, 15) is 0 Å². The Morgan fingerprint density at radius 3 is 1.36 bits per heavy atom. The maximum absolute atomic E-state index is 2.90. The quantitative estimate of drug-likeness (QED) is 0.147. The van der Waals surface area contributed by atoms with Crippen LogP contribution in [0.4, 0.5) is 62.6 Å². The molecule has 434 valence electrons. The zero-order valence-electron chi connectivity index (χ0n) is 54.1. The maximum atomic E-state index is 2.90. The highest BCUT2D eigenvalue weighted by atomic mass is 15.3. The number of hydrogen-bond donors (Lipinski definition) is 0. The van der Waals surface area contributed by atoms with Crippen LogP contribution in [-0.2, 0) is 32.5 Å². The van der Waals surface area contributed by atoms with Crippen molar-refractivity contribution in [3.8, 4) is 11.1 Å². The largest absolute Gasteiger partial charge is 0.335 e. The molecule has 0 amide bonds. The molecule has 0 saturated heterocycles. The zero-order valence-corrected chi connectivity index (χ0v) is 54.1. The van der Waals surface area contributed by atoms with Gasteiger partial charge >= 0.3 is 0 Å². The molecule has 86 heavy (non-hydrogen) atoms. The maximum Gasteiger partial charge on any atom is 0.252 e. The van der Waals surface area contributed by atoms with Gasteiger partial charge in [0, 0.05) is 62.0 Å².